The number of halogens is 1. The minimum Gasteiger partial charge on any atom is -0.486 e. The smallest absolute Gasteiger partial charge is 0.286 e. The fourth-order valence-electron chi connectivity index (χ4n) is 3.48. The molecule has 1 aromatic heterocycles. The van der Waals surface area contributed by atoms with Gasteiger partial charge in [-0.1, -0.05) is 30.6 Å². The number of hydrogen-bond acceptors (Lipinski definition) is 6. The first-order valence-corrected chi connectivity index (χ1v) is 11.3. The Labute approximate surface area is 189 Å². The first-order chi connectivity index (χ1) is 15.6. The van der Waals surface area contributed by atoms with E-state index in [0.29, 0.717) is 22.0 Å². The Hall–Kier alpha value is -3.33. The van der Waals surface area contributed by atoms with Gasteiger partial charge < -0.3 is 15.4 Å². The maximum absolute atomic E-state index is 12.9. The molecule has 0 unspecified atom stereocenters. The van der Waals surface area contributed by atoms with Crippen molar-refractivity contribution < 1.29 is 18.7 Å². The minimum absolute atomic E-state index is 0.0929. The van der Waals surface area contributed by atoms with Crippen LogP contribution in [0.3, 0.4) is 0 Å². The summed E-state index contributed by atoms with van der Waals surface area (Å²) in [7, 11) is 0. The third-order valence-electron chi connectivity index (χ3n) is 5.18. The highest BCUT2D eigenvalue weighted by atomic mass is 32.1. The molecule has 1 fully saturated rings. The first kappa shape index (κ1) is 21.9. The largest absolute Gasteiger partial charge is 0.486 e. The van der Waals surface area contributed by atoms with Crippen LogP contribution in [0, 0.1) is 5.82 Å². The summed E-state index contributed by atoms with van der Waals surface area (Å²) in [5, 5.41) is 14.4. The summed E-state index contributed by atoms with van der Waals surface area (Å²) in [4.78, 5) is 24.9. The molecule has 3 aromatic rings. The second-order valence-corrected chi connectivity index (χ2v) is 8.65. The fraction of sp³-hybridized carbons (Fsp3) is 0.304. The third kappa shape index (κ3) is 5.88. The molecule has 0 spiro atoms. The van der Waals surface area contributed by atoms with Gasteiger partial charge in [-0.05, 0) is 61.4 Å². The molecule has 0 bridgehead atoms. The number of carbonyl (C=O) groups is 2. The quantitative estimate of drug-likeness (QED) is 0.545. The molecule has 0 radical (unpaired) electrons. The van der Waals surface area contributed by atoms with Crippen molar-refractivity contribution in [2.24, 2.45) is 0 Å². The second kappa shape index (κ2) is 10.3. The van der Waals surface area contributed by atoms with Crippen molar-refractivity contribution in [3.8, 4) is 5.75 Å². The molecule has 9 heteroatoms. The lowest BCUT2D eigenvalue weighted by Gasteiger charge is -2.22. The van der Waals surface area contributed by atoms with Gasteiger partial charge in [0.25, 0.3) is 11.8 Å². The molecule has 2 amide bonds. The van der Waals surface area contributed by atoms with Crippen LogP contribution >= 0.6 is 11.3 Å². The van der Waals surface area contributed by atoms with Gasteiger partial charge in [0.15, 0.2) is 5.01 Å². The molecular weight excluding hydrogens is 431 g/mol. The molecule has 166 valence electrons. The zero-order chi connectivity index (χ0) is 22.3. The predicted octanol–water partition coefficient (Wildman–Crippen LogP) is 4.57. The molecule has 7 nitrogen and oxygen atoms in total. The lowest BCUT2D eigenvalue weighted by Crippen LogP contribution is -2.36. The number of amides is 2. The van der Waals surface area contributed by atoms with Crippen LogP contribution in [0.2, 0.25) is 0 Å². The molecule has 1 aliphatic carbocycles. The number of ether oxygens (including phenoxy) is 1. The van der Waals surface area contributed by atoms with E-state index >= 15 is 0 Å². The van der Waals surface area contributed by atoms with Gasteiger partial charge in [-0.2, -0.15) is 0 Å². The normalized spacial score (nSPS) is 14.0. The number of rotatable bonds is 7. The Morgan fingerprint density at radius 3 is 2.41 bits per heavy atom. The Morgan fingerprint density at radius 1 is 0.969 bits per heavy atom. The minimum atomic E-state index is -0.394. The number of nitrogens with one attached hydrogen (secondary N) is 2. The molecule has 4 rings (SSSR count). The zero-order valence-corrected chi connectivity index (χ0v) is 18.2. The van der Waals surface area contributed by atoms with Crippen LogP contribution in [0.5, 0.6) is 5.75 Å². The summed E-state index contributed by atoms with van der Waals surface area (Å²) >= 11 is 1.11. The van der Waals surface area contributed by atoms with Gasteiger partial charge in [0.1, 0.15) is 18.2 Å². The molecular formula is C23H23FN4O3S. The number of anilines is 1. The first-order valence-electron chi connectivity index (χ1n) is 10.5. The highest BCUT2D eigenvalue weighted by molar-refractivity contribution is 7.13. The second-order valence-electron chi connectivity index (χ2n) is 7.58. The van der Waals surface area contributed by atoms with Crippen molar-refractivity contribution in [3.05, 3.63) is 69.9 Å². The highest BCUT2D eigenvalue weighted by Gasteiger charge is 2.17. The standard InChI is InChI=1S/C23H23FN4O3S/c24-16-8-12-19(13-9-16)31-14-20-27-28-23(32-20)22(30)26-18-10-6-15(7-11-18)21(29)25-17-4-2-1-3-5-17/h6-13,17H,1-5,14H2,(H,25,29)(H,26,30). The van der Waals surface area contributed by atoms with E-state index in [4.69, 9.17) is 4.74 Å². The lowest BCUT2D eigenvalue weighted by molar-refractivity contribution is 0.0927. The molecule has 0 atom stereocenters. The lowest BCUT2D eigenvalue weighted by atomic mass is 9.95. The molecule has 2 N–H and O–H groups in total. The van der Waals surface area contributed by atoms with E-state index in [1.807, 2.05) is 0 Å². The van der Waals surface area contributed by atoms with Gasteiger partial charge in [-0.15, -0.1) is 10.2 Å². The Kier molecular flexibility index (Phi) is 7.06. The van der Waals surface area contributed by atoms with Crippen molar-refractivity contribution >= 4 is 28.8 Å². The molecule has 1 aliphatic rings. The topological polar surface area (TPSA) is 93.2 Å². The van der Waals surface area contributed by atoms with Crippen molar-refractivity contribution in [2.45, 2.75) is 44.8 Å². The zero-order valence-electron chi connectivity index (χ0n) is 17.3. The number of aromatic nitrogens is 2. The molecule has 1 heterocycles. The highest BCUT2D eigenvalue weighted by Crippen LogP contribution is 2.19. The predicted molar refractivity (Wildman–Crippen MR) is 119 cm³/mol. The van der Waals surface area contributed by atoms with Crippen LogP contribution in [0.25, 0.3) is 0 Å². The van der Waals surface area contributed by atoms with Crippen LogP contribution in [0.4, 0.5) is 10.1 Å². The summed E-state index contributed by atoms with van der Waals surface area (Å²) in [6.07, 6.45) is 5.60. The van der Waals surface area contributed by atoms with E-state index in [2.05, 4.69) is 20.8 Å². The molecule has 32 heavy (non-hydrogen) atoms. The maximum Gasteiger partial charge on any atom is 0.286 e. The van der Waals surface area contributed by atoms with Gasteiger partial charge in [0.05, 0.1) is 0 Å². The number of carbonyl (C=O) groups excluding carboxylic acids is 2. The van der Waals surface area contributed by atoms with Gasteiger partial charge >= 0.3 is 0 Å². The van der Waals surface area contributed by atoms with Crippen LogP contribution in [-0.4, -0.2) is 28.1 Å². The molecule has 0 saturated heterocycles. The number of nitrogens with zero attached hydrogens (tertiary/aromatic N) is 2. The fourth-order valence-corrected chi connectivity index (χ4v) is 4.13. The van der Waals surface area contributed by atoms with Crippen LogP contribution in [-0.2, 0) is 6.61 Å². The summed E-state index contributed by atoms with van der Waals surface area (Å²) in [5.74, 6) is -0.329. The Bertz CT molecular complexity index is 1060. The van der Waals surface area contributed by atoms with E-state index < -0.39 is 5.91 Å². The summed E-state index contributed by atoms with van der Waals surface area (Å²) < 4.78 is 18.5. The SMILES string of the molecule is O=C(NC1CCCCC1)c1ccc(NC(=O)c2nnc(COc3ccc(F)cc3)s2)cc1. The van der Waals surface area contributed by atoms with Crippen LogP contribution in [0.15, 0.2) is 48.5 Å². The van der Waals surface area contributed by atoms with Gasteiger partial charge in [-0.3, -0.25) is 9.59 Å². The monoisotopic (exact) mass is 454 g/mol. The molecule has 2 aromatic carbocycles. The number of hydrogen-bond donors (Lipinski definition) is 2. The van der Waals surface area contributed by atoms with Gasteiger partial charge in [0, 0.05) is 17.3 Å². The van der Waals surface area contributed by atoms with E-state index in [1.165, 1.54) is 30.7 Å². The van der Waals surface area contributed by atoms with E-state index in [9.17, 15) is 14.0 Å². The molecule has 0 aliphatic heterocycles. The maximum atomic E-state index is 12.9. The van der Waals surface area contributed by atoms with Crippen molar-refractivity contribution in [1.82, 2.24) is 15.5 Å². The average Bonchev–Trinajstić information content (AvgIpc) is 3.29. The Balaban J connectivity index is 1.29. The Morgan fingerprint density at radius 2 is 1.69 bits per heavy atom. The summed E-state index contributed by atoms with van der Waals surface area (Å²) in [6.45, 7) is 0.126. The van der Waals surface area contributed by atoms with Crippen LogP contribution < -0.4 is 15.4 Å². The van der Waals surface area contributed by atoms with E-state index in [0.717, 1.165) is 37.0 Å². The van der Waals surface area contributed by atoms with Crippen molar-refractivity contribution in [3.63, 3.8) is 0 Å². The van der Waals surface area contributed by atoms with E-state index in [-0.39, 0.29) is 29.4 Å². The van der Waals surface area contributed by atoms with Crippen molar-refractivity contribution in [2.75, 3.05) is 5.32 Å². The van der Waals surface area contributed by atoms with Gasteiger partial charge in [0.2, 0.25) is 5.01 Å². The van der Waals surface area contributed by atoms with Crippen LogP contribution in [0.1, 0.15) is 57.3 Å². The summed E-state index contributed by atoms with van der Waals surface area (Å²) in [5.41, 5.74) is 1.12. The molecule has 1 saturated carbocycles. The van der Waals surface area contributed by atoms with Gasteiger partial charge in [-0.25, -0.2) is 4.39 Å². The summed E-state index contributed by atoms with van der Waals surface area (Å²) in [6, 6.07) is 12.6. The number of benzene rings is 2. The average molecular weight is 455 g/mol. The third-order valence-corrected chi connectivity index (χ3v) is 6.08. The van der Waals surface area contributed by atoms with Crippen molar-refractivity contribution in [1.29, 1.82) is 0 Å². The van der Waals surface area contributed by atoms with E-state index in [1.54, 1.807) is 24.3 Å².